The first-order valence-electron chi connectivity index (χ1n) is 7.28. The first-order valence-corrected chi connectivity index (χ1v) is 7.66. The number of hydrogen-bond acceptors (Lipinski definition) is 3. The Labute approximate surface area is 141 Å². The molecule has 5 heteroatoms. The van der Waals surface area contributed by atoms with Gasteiger partial charge in [0.05, 0.1) is 23.4 Å². The van der Waals surface area contributed by atoms with Crippen molar-refractivity contribution >= 4 is 28.9 Å². The van der Waals surface area contributed by atoms with Crippen LogP contribution in [0, 0.1) is 0 Å². The number of nitrogen functional groups attached to an aromatic ring is 1. The lowest BCUT2D eigenvalue weighted by molar-refractivity contribution is 0.0963. The Morgan fingerprint density at radius 2 is 1.78 bits per heavy atom. The zero-order chi connectivity index (χ0) is 17.2. The molecular weight excluding hydrogens is 312 g/mol. The van der Waals surface area contributed by atoms with Gasteiger partial charge in [0.25, 0.3) is 5.91 Å². The lowest BCUT2D eigenvalue weighted by Gasteiger charge is -2.36. The molecule has 0 heterocycles. The van der Waals surface area contributed by atoms with E-state index in [0.29, 0.717) is 22.0 Å². The molecule has 2 rings (SSSR count). The van der Waals surface area contributed by atoms with Crippen LogP contribution in [-0.2, 0) is 0 Å². The molecule has 0 aliphatic heterocycles. The number of nitrogens with two attached hydrogens (primary N) is 1. The zero-order valence-corrected chi connectivity index (χ0v) is 14.5. The van der Waals surface area contributed by atoms with Gasteiger partial charge in [0.1, 0.15) is 5.75 Å². The second-order valence-corrected chi connectivity index (χ2v) is 6.63. The Hall–Kier alpha value is -2.20. The van der Waals surface area contributed by atoms with Crippen molar-refractivity contribution in [2.45, 2.75) is 26.3 Å². The van der Waals surface area contributed by atoms with E-state index in [2.05, 4.69) is 0 Å². The smallest absolute Gasteiger partial charge is 0.262 e. The Balaban J connectivity index is 2.57. The summed E-state index contributed by atoms with van der Waals surface area (Å²) in [5.74, 6) is 0.213. The molecule has 2 N–H and O–H groups in total. The SMILES string of the molecule is COc1cc(N)c(Cl)cc1C(=O)N(c1ccccc1)C(C)(C)C. The van der Waals surface area contributed by atoms with Crippen molar-refractivity contribution in [3.63, 3.8) is 0 Å². The van der Waals surface area contributed by atoms with Gasteiger partial charge in [0.2, 0.25) is 0 Å². The normalized spacial score (nSPS) is 11.2. The number of anilines is 2. The minimum Gasteiger partial charge on any atom is -0.496 e. The molecule has 0 bridgehead atoms. The van der Waals surface area contributed by atoms with Crippen LogP contribution < -0.4 is 15.4 Å². The van der Waals surface area contributed by atoms with E-state index in [1.54, 1.807) is 17.0 Å². The van der Waals surface area contributed by atoms with Crippen LogP contribution in [0.5, 0.6) is 5.75 Å². The molecule has 0 aliphatic carbocycles. The van der Waals surface area contributed by atoms with Crippen LogP contribution in [0.15, 0.2) is 42.5 Å². The van der Waals surface area contributed by atoms with Gasteiger partial charge in [-0.1, -0.05) is 29.8 Å². The Bertz CT molecular complexity index is 709. The fourth-order valence-corrected chi connectivity index (χ4v) is 2.58. The highest BCUT2D eigenvalue weighted by atomic mass is 35.5. The summed E-state index contributed by atoms with van der Waals surface area (Å²) in [5, 5.41) is 0.330. The number of para-hydroxylation sites is 1. The van der Waals surface area contributed by atoms with Crippen LogP contribution in [0.1, 0.15) is 31.1 Å². The number of halogens is 1. The van der Waals surface area contributed by atoms with Crippen LogP contribution in [0.25, 0.3) is 0 Å². The molecule has 0 fully saturated rings. The van der Waals surface area contributed by atoms with Crippen molar-refractivity contribution in [3.8, 4) is 5.75 Å². The average molecular weight is 333 g/mol. The fraction of sp³-hybridized carbons (Fsp3) is 0.278. The van der Waals surface area contributed by atoms with Gasteiger partial charge in [-0.05, 0) is 39.0 Å². The molecule has 0 spiro atoms. The number of benzene rings is 2. The third kappa shape index (κ3) is 3.59. The first kappa shape index (κ1) is 17.2. The molecule has 122 valence electrons. The Morgan fingerprint density at radius 1 is 1.17 bits per heavy atom. The Kier molecular flexibility index (Phi) is 4.85. The van der Waals surface area contributed by atoms with E-state index in [4.69, 9.17) is 22.1 Å². The Morgan fingerprint density at radius 3 is 2.30 bits per heavy atom. The lowest BCUT2D eigenvalue weighted by Crippen LogP contribution is -2.46. The van der Waals surface area contributed by atoms with Crippen LogP contribution in [0.4, 0.5) is 11.4 Å². The second-order valence-electron chi connectivity index (χ2n) is 6.22. The van der Waals surface area contributed by atoms with E-state index in [-0.39, 0.29) is 5.91 Å². The summed E-state index contributed by atoms with van der Waals surface area (Å²) in [7, 11) is 1.50. The van der Waals surface area contributed by atoms with Gasteiger partial charge in [-0.3, -0.25) is 4.79 Å². The quantitative estimate of drug-likeness (QED) is 0.849. The summed E-state index contributed by atoms with van der Waals surface area (Å²) in [6.45, 7) is 5.93. The van der Waals surface area contributed by atoms with E-state index in [9.17, 15) is 4.79 Å². The molecule has 0 saturated carbocycles. The highest BCUT2D eigenvalue weighted by molar-refractivity contribution is 6.33. The van der Waals surface area contributed by atoms with Crippen LogP contribution in [0.3, 0.4) is 0 Å². The molecule has 0 aromatic heterocycles. The van der Waals surface area contributed by atoms with Gasteiger partial charge < -0.3 is 15.4 Å². The summed E-state index contributed by atoms with van der Waals surface area (Å²) in [4.78, 5) is 14.9. The maximum atomic E-state index is 13.2. The first-order chi connectivity index (χ1) is 10.8. The molecule has 0 saturated heterocycles. The minimum absolute atomic E-state index is 0.192. The van der Waals surface area contributed by atoms with Crippen molar-refractivity contribution in [1.82, 2.24) is 0 Å². The molecule has 0 unspecified atom stereocenters. The van der Waals surface area contributed by atoms with E-state index < -0.39 is 5.54 Å². The van der Waals surface area contributed by atoms with Crippen molar-refractivity contribution < 1.29 is 9.53 Å². The number of nitrogens with zero attached hydrogens (tertiary/aromatic N) is 1. The lowest BCUT2D eigenvalue weighted by atomic mass is 10.0. The number of rotatable bonds is 3. The highest BCUT2D eigenvalue weighted by Gasteiger charge is 2.31. The number of methoxy groups -OCH3 is 1. The van der Waals surface area contributed by atoms with Gasteiger partial charge in [0, 0.05) is 17.3 Å². The van der Waals surface area contributed by atoms with E-state index in [0.717, 1.165) is 5.69 Å². The standard InChI is InChI=1S/C18H21ClN2O2/c1-18(2,3)21(12-8-6-5-7-9-12)17(22)13-10-14(19)15(20)11-16(13)23-4/h5-11H,20H2,1-4H3. The van der Waals surface area contributed by atoms with E-state index >= 15 is 0 Å². The molecule has 23 heavy (non-hydrogen) atoms. The topological polar surface area (TPSA) is 55.6 Å². The van der Waals surface area contributed by atoms with Crippen molar-refractivity contribution in [2.24, 2.45) is 0 Å². The summed E-state index contributed by atoms with van der Waals surface area (Å²) >= 11 is 6.10. The molecule has 2 aromatic carbocycles. The minimum atomic E-state index is -0.419. The molecule has 2 aromatic rings. The number of ether oxygens (including phenoxy) is 1. The molecule has 4 nitrogen and oxygen atoms in total. The van der Waals surface area contributed by atoms with Crippen molar-refractivity contribution in [2.75, 3.05) is 17.7 Å². The highest BCUT2D eigenvalue weighted by Crippen LogP contribution is 2.33. The number of carbonyl (C=O) groups is 1. The van der Waals surface area contributed by atoms with Gasteiger partial charge in [-0.15, -0.1) is 0 Å². The van der Waals surface area contributed by atoms with Gasteiger partial charge in [-0.25, -0.2) is 0 Å². The fourth-order valence-electron chi connectivity index (χ4n) is 2.41. The predicted octanol–water partition coefficient (Wildman–Crippen LogP) is 4.38. The number of carbonyl (C=O) groups excluding carboxylic acids is 1. The van der Waals surface area contributed by atoms with E-state index in [1.807, 2.05) is 51.1 Å². The van der Waals surface area contributed by atoms with Gasteiger partial charge >= 0.3 is 0 Å². The molecule has 0 aliphatic rings. The van der Waals surface area contributed by atoms with Gasteiger partial charge in [0.15, 0.2) is 0 Å². The summed E-state index contributed by atoms with van der Waals surface area (Å²) in [6, 6.07) is 12.6. The maximum absolute atomic E-state index is 13.2. The second kappa shape index (κ2) is 6.50. The third-order valence-corrected chi connectivity index (χ3v) is 3.76. The van der Waals surface area contributed by atoms with E-state index in [1.165, 1.54) is 7.11 Å². The molecular formula is C18H21ClN2O2. The third-order valence-electron chi connectivity index (χ3n) is 3.44. The molecule has 0 radical (unpaired) electrons. The van der Waals surface area contributed by atoms with Crippen molar-refractivity contribution in [1.29, 1.82) is 0 Å². The summed E-state index contributed by atoms with van der Waals surface area (Å²) in [6.07, 6.45) is 0. The predicted molar refractivity (Wildman–Crippen MR) is 95.4 cm³/mol. The average Bonchev–Trinajstić information content (AvgIpc) is 2.49. The maximum Gasteiger partial charge on any atom is 0.262 e. The zero-order valence-electron chi connectivity index (χ0n) is 13.8. The summed E-state index contributed by atoms with van der Waals surface area (Å²) < 4.78 is 5.31. The van der Waals surface area contributed by atoms with Crippen molar-refractivity contribution in [3.05, 3.63) is 53.1 Å². The molecule has 0 atom stereocenters. The summed E-state index contributed by atoms with van der Waals surface area (Å²) in [5.41, 5.74) is 6.94. The van der Waals surface area contributed by atoms with Crippen LogP contribution in [-0.4, -0.2) is 18.6 Å². The van der Waals surface area contributed by atoms with Crippen LogP contribution >= 0.6 is 11.6 Å². The van der Waals surface area contributed by atoms with Crippen LogP contribution in [0.2, 0.25) is 5.02 Å². The number of amides is 1. The van der Waals surface area contributed by atoms with Gasteiger partial charge in [-0.2, -0.15) is 0 Å². The number of hydrogen-bond donors (Lipinski definition) is 1. The molecule has 1 amide bonds. The monoisotopic (exact) mass is 332 g/mol. The largest absolute Gasteiger partial charge is 0.496 e.